The zero-order valence-electron chi connectivity index (χ0n) is 18.3. The predicted molar refractivity (Wildman–Crippen MR) is 124 cm³/mol. The van der Waals surface area contributed by atoms with Gasteiger partial charge in [0.25, 0.3) is 0 Å². The Bertz CT molecular complexity index is 1130. The van der Waals surface area contributed by atoms with Crippen molar-refractivity contribution >= 4 is 38.2 Å². The number of nitrogens with one attached hydrogen (secondary N) is 1. The Morgan fingerprint density at radius 1 is 1.16 bits per heavy atom. The normalized spacial score (nSPS) is 17.2. The Hall–Kier alpha value is -2.23. The monoisotopic (exact) mass is 476 g/mol. The first-order valence-corrected chi connectivity index (χ1v) is 13.3. The Morgan fingerprint density at radius 2 is 1.88 bits per heavy atom. The predicted octanol–water partition coefficient (Wildman–Crippen LogP) is 3.76. The van der Waals surface area contributed by atoms with Crippen LogP contribution in [-0.4, -0.2) is 44.3 Å². The van der Waals surface area contributed by atoms with E-state index in [0.717, 1.165) is 30.4 Å². The van der Waals surface area contributed by atoms with Gasteiger partial charge in [0.1, 0.15) is 4.88 Å². The number of esters is 1. The molecule has 0 saturated carbocycles. The minimum Gasteiger partial charge on any atom is -0.462 e. The number of carbonyl (C=O) groups excluding carboxylic acids is 2. The number of piperidine rings is 1. The van der Waals surface area contributed by atoms with E-state index in [-0.39, 0.29) is 17.8 Å². The number of thiophene rings is 1. The van der Waals surface area contributed by atoms with E-state index in [1.807, 2.05) is 12.1 Å². The van der Waals surface area contributed by atoms with E-state index in [1.54, 1.807) is 26.0 Å². The van der Waals surface area contributed by atoms with E-state index >= 15 is 0 Å². The number of fused-ring (bicyclic) bond motifs is 1. The molecule has 1 aliphatic heterocycles. The summed E-state index contributed by atoms with van der Waals surface area (Å²) in [4.78, 5) is 25.6. The van der Waals surface area contributed by atoms with Gasteiger partial charge in [-0.15, -0.1) is 11.3 Å². The number of hydrogen-bond donors (Lipinski definition) is 1. The standard InChI is InChI=1S/C23H28N2O5S2/c1-3-30-23(27)21-15(2)13-20(31-21)24-22(26)17-9-11-25(12-10-17)32(28,29)19-8-7-16-5-4-6-18(16)14-19/h7-8,13-14,17H,3-6,9-12H2,1-2H3,(H,24,26). The van der Waals surface area contributed by atoms with E-state index in [2.05, 4.69) is 5.32 Å². The Balaban J connectivity index is 1.37. The van der Waals surface area contributed by atoms with Crippen molar-refractivity contribution in [2.24, 2.45) is 5.92 Å². The molecule has 2 heterocycles. The van der Waals surface area contributed by atoms with Gasteiger partial charge >= 0.3 is 5.97 Å². The van der Waals surface area contributed by atoms with Crippen molar-refractivity contribution in [3.05, 3.63) is 45.8 Å². The van der Waals surface area contributed by atoms with Crippen LogP contribution >= 0.6 is 11.3 Å². The van der Waals surface area contributed by atoms with Crippen LogP contribution in [-0.2, 0) is 32.4 Å². The second-order valence-corrected chi connectivity index (χ2v) is 11.3. The molecule has 4 rings (SSSR count). The molecule has 32 heavy (non-hydrogen) atoms. The number of carbonyl (C=O) groups is 2. The molecule has 1 N–H and O–H groups in total. The highest BCUT2D eigenvalue weighted by Crippen LogP contribution is 2.31. The molecule has 172 valence electrons. The second-order valence-electron chi connectivity index (χ2n) is 8.29. The minimum absolute atomic E-state index is 0.142. The topological polar surface area (TPSA) is 92.8 Å². The first-order valence-electron chi connectivity index (χ1n) is 11.0. The third-order valence-corrected chi connectivity index (χ3v) is 9.18. The average Bonchev–Trinajstić information content (AvgIpc) is 3.39. The highest BCUT2D eigenvalue weighted by molar-refractivity contribution is 7.89. The van der Waals surface area contributed by atoms with Gasteiger partial charge in [-0.3, -0.25) is 4.79 Å². The molecular weight excluding hydrogens is 448 g/mol. The van der Waals surface area contributed by atoms with Crippen LogP contribution < -0.4 is 5.32 Å². The lowest BCUT2D eigenvalue weighted by Gasteiger charge is -2.30. The van der Waals surface area contributed by atoms with E-state index < -0.39 is 10.0 Å². The maximum atomic E-state index is 13.1. The maximum Gasteiger partial charge on any atom is 0.348 e. The van der Waals surface area contributed by atoms with Crippen LogP contribution in [0.1, 0.15) is 52.5 Å². The fraction of sp³-hybridized carbons (Fsp3) is 0.478. The summed E-state index contributed by atoms with van der Waals surface area (Å²) in [5.41, 5.74) is 3.14. The number of sulfonamides is 1. The van der Waals surface area contributed by atoms with Crippen molar-refractivity contribution in [2.75, 3.05) is 25.0 Å². The first-order chi connectivity index (χ1) is 15.3. The average molecular weight is 477 g/mol. The number of ether oxygens (including phenoxy) is 1. The van der Waals surface area contributed by atoms with Crippen LogP contribution in [0.25, 0.3) is 0 Å². The SMILES string of the molecule is CCOC(=O)c1sc(NC(=O)C2CCN(S(=O)(=O)c3ccc4c(c3)CCC4)CC2)cc1C. The molecule has 1 saturated heterocycles. The largest absolute Gasteiger partial charge is 0.462 e. The van der Waals surface area contributed by atoms with Crippen molar-refractivity contribution in [1.29, 1.82) is 0 Å². The molecule has 1 aromatic carbocycles. The van der Waals surface area contributed by atoms with Crippen LogP contribution in [0.5, 0.6) is 0 Å². The lowest BCUT2D eigenvalue weighted by molar-refractivity contribution is -0.120. The summed E-state index contributed by atoms with van der Waals surface area (Å²) in [6.07, 6.45) is 3.95. The van der Waals surface area contributed by atoms with Gasteiger partial charge in [-0.1, -0.05) is 6.07 Å². The van der Waals surface area contributed by atoms with Crippen molar-refractivity contribution in [1.82, 2.24) is 4.31 Å². The summed E-state index contributed by atoms with van der Waals surface area (Å²) in [5, 5.41) is 3.49. The summed E-state index contributed by atoms with van der Waals surface area (Å²) in [6.45, 7) is 4.48. The Labute approximate surface area is 192 Å². The summed E-state index contributed by atoms with van der Waals surface area (Å²) < 4.78 is 32.7. The first kappa shape index (κ1) is 22.9. The number of aryl methyl sites for hydroxylation is 3. The fourth-order valence-corrected chi connectivity index (χ4v) is 6.87. The smallest absolute Gasteiger partial charge is 0.348 e. The summed E-state index contributed by atoms with van der Waals surface area (Å²) in [6, 6.07) is 7.22. The van der Waals surface area contributed by atoms with Crippen molar-refractivity contribution in [3.8, 4) is 0 Å². The number of amides is 1. The molecule has 1 amide bonds. The number of benzene rings is 1. The van der Waals surface area contributed by atoms with E-state index in [4.69, 9.17) is 4.74 Å². The number of hydrogen-bond acceptors (Lipinski definition) is 6. The minimum atomic E-state index is -3.56. The molecule has 0 bridgehead atoms. The molecule has 0 atom stereocenters. The van der Waals surface area contributed by atoms with Gasteiger partial charge in [-0.05, 0) is 80.8 Å². The molecule has 2 aliphatic rings. The summed E-state index contributed by atoms with van der Waals surface area (Å²) >= 11 is 1.20. The zero-order valence-corrected chi connectivity index (χ0v) is 20.0. The molecule has 1 aromatic heterocycles. The van der Waals surface area contributed by atoms with Gasteiger partial charge in [0.05, 0.1) is 16.5 Å². The molecule has 1 fully saturated rings. The summed E-state index contributed by atoms with van der Waals surface area (Å²) in [7, 11) is -3.56. The Morgan fingerprint density at radius 3 is 2.59 bits per heavy atom. The van der Waals surface area contributed by atoms with Gasteiger partial charge in [-0.25, -0.2) is 13.2 Å². The molecule has 0 unspecified atom stereocenters. The maximum absolute atomic E-state index is 13.1. The van der Waals surface area contributed by atoms with Gasteiger partial charge < -0.3 is 10.1 Å². The van der Waals surface area contributed by atoms with E-state index in [0.29, 0.717) is 47.3 Å². The molecular formula is C23H28N2O5S2. The molecule has 7 nitrogen and oxygen atoms in total. The lowest BCUT2D eigenvalue weighted by Crippen LogP contribution is -2.41. The molecule has 0 radical (unpaired) electrons. The third-order valence-electron chi connectivity index (χ3n) is 6.16. The molecule has 2 aromatic rings. The number of nitrogens with zero attached hydrogens (tertiary/aromatic N) is 1. The van der Waals surface area contributed by atoms with E-state index in [1.165, 1.54) is 21.2 Å². The van der Waals surface area contributed by atoms with Gasteiger partial charge in [0.15, 0.2) is 0 Å². The van der Waals surface area contributed by atoms with Crippen LogP contribution in [0.3, 0.4) is 0 Å². The molecule has 0 spiro atoms. The Kier molecular flexibility index (Phi) is 6.69. The van der Waals surface area contributed by atoms with Crippen molar-refractivity contribution in [2.45, 2.75) is 50.8 Å². The highest BCUT2D eigenvalue weighted by Gasteiger charge is 2.33. The van der Waals surface area contributed by atoms with E-state index in [9.17, 15) is 18.0 Å². The fourth-order valence-electron chi connectivity index (χ4n) is 4.38. The second kappa shape index (κ2) is 9.33. The highest BCUT2D eigenvalue weighted by atomic mass is 32.2. The van der Waals surface area contributed by atoms with Crippen LogP contribution in [0.15, 0.2) is 29.2 Å². The van der Waals surface area contributed by atoms with Crippen LogP contribution in [0.2, 0.25) is 0 Å². The van der Waals surface area contributed by atoms with Gasteiger partial charge in [-0.2, -0.15) is 4.31 Å². The van der Waals surface area contributed by atoms with Gasteiger partial charge in [0, 0.05) is 19.0 Å². The lowest BCUT2D eigenvalue weighted by atomic mass is 9.97. The van der Waals surface area contributed by atoms with Gasteiger partial charge in [0.2, 0.25) is 15.9 Å². The molecule has 9 heteroatoms. The third kappa shape index (κ3) is 4.60. The van der Waals surface area contributed by atoms with Crippen LogP contribution in [0.4, 0.5) is 5.00 Å². The zero-order chi connectivity index (χ0) is 22.9. The van der Waals surface area contributed by atoms with Crippen molar-refractivity contribution in [3.63, 3.8) is 0 Å². The summed E-state index contributed by atoms with van der Waals surface area (Å²) in [5.74, 6) is -0.799. The number of rotatable bonds is 6. The number of anilines is 1. The van der Waals surface area contributed by atoms with Crippen LogP contribution in [0, 0.1) is 12.8 Å². The van der Waals surface area contributed by atoms with Crippen molar-refractivity contribution < 1.29 is 22.7 Å². The quantitative estimate of drug-likeness (QED) is 0.641. The molecule has 1 aliphatic carbocycles.